The molecule has 4 nitrogen and oxygen atoms in total. The molecular formula is C15H24N2O2. The number of aromatic nitrogens is 1. The van der Waals surface area contributed by atoms with Crippen molar-refractivity contribution in [2.45, 2.75) is 52.5 Å². The van der Waals surface area contributed by atoms with Gasteiger partial charge in [-0.2, -0.15) is 0 Å². The molecule has 0 saturated heterocycles. The van der Waals surface area contributed by atoms with Crippen LogP contribution < -0.4 is 4.90 Å². The summed E-state index contributed by atoms with van der Waals surface area (Å²) < 4.78 is 0. The van der Waals surface area contributed by atoms with Crippen molar-refractivity contribution >= 4 is 11.8 Å². The minimum absolute atomic E-state index is 0.325. The molecule has 1 aromatic rings. The van der Waals surface area contributed by atoms with Gasteiger partial charge in [0.2, 0.25) is 0 Å². The Kier molecular flexibility index (Phi) is 5.80. The van der Waals surface area contributed by atoms with Crippen LogP contribution in [-0.4, -0.2) is 29.1 Å². The summed E-state index contributed by atoms with van der Waals surface area (Å²) in [6.45, 7) is 6.34. The van der Waals surface area contributed by atoms with Crippen LogP contribution in [0.2, 0.25) is 0 Å². The van der Waals surface area contributed by atoms with E-state index in [1.54, 1.807) is 12.1 Å². The smallest absolute Gasteiger partial charge is 0.335 e. The van der Waals surface area contributed by atoms with E-state index in [0.717, 1.165) is 37.2 Å². The lowest BCUT2D eigenvalue weighted by Crippen LogP contribution is -2.31. The topological polar surface area (TPSA) is 53.4 Å². The molecule has 19 heavy (non-hydrogen) atoms. The fourth-order valence-electron chi connectivity index (χ4n) is 2.28. The van der Waals surface area contributed by atoms with Gasteiger partial charge in [-0.3, -0.25) is 0 Å². The SMILES string of the molecule is CCCc1cc(C(=O)O)cc(N(C)C(CC)CC)n1. The van der Waals surface area contributed by atoms with E-state index < -0.39 is 5.97 Å². The minimum atomic E-state index is -0.890. The predicted molar refractivity (Wildman–Crippen MR) is 78.0 cm³/mol. The Morgan fingerprint density at radius 1 is 1.32 bits per heavy atom. The highest BCUT2D eigenvalue weighted by Gasteiger charge is 2.15. The zero-order valence-corrected chi connectivity index (χ0v) is 12.3. The second kappa shape index (κ2) is 7.12. The number of carbonyl (C=O) groups is 1. The number of carboxylic acids is 1. The maximum Gasteiger partial charge on any atom is 0.335 e. The summed E-state index contributed by atoms with van der Waals surface area (Å²) in [5.74, 6) is -0.129. The van der Waals surface area contributed by atoms with Crippen LogP contribution in [-0.2, 0) is 6.42 Å². The molecule has 0 saturated carbocycles. The van der Waals surface area contributed by atoms with Gasteiger partial charge in [-0.15, -0.1) is 0 Å². The maximum atomic E-state index is 11.2. The number of pyridine rings is 1. The Balaban J connectivity index is 3.14. The average Bonchev–Trinajstić information content (AvgIpc) is 2.40. The molecule has 1 aromatic heterocycles. The van der Waals surface area contributed by atoms with Gasteiger partial charge in [0.1, 0.15) is 5.82 Å². The highest BCUT2D eigenvalue weighted by Crippen LogP contribution is 2.19. The number of nitrogens with zero attached hydrogens (tertiary/aromatic N) is 2. The summed E-state index contributed by atoms with van der Waals surface area (Å²) >= 11 is 0. The summed E-state index contributed by atoms with van der Waals surface area (Å²) in [5, 5.41) is 9.19. The minimum Gasteiger partial charge on any atom is -0.478 e. The van der Waals surface area contributed by atoms with Gasteiger partial charge in [-0.25, -0.2) is 9.78 Å². The van der Waals surface area contributed by atoms with Crippen molar-refractivity contribution in [2.24, 2.45) is 0 Å². The lowest BCUT2D eigenvalue weighted by atomic mass is 10.1. The van der Waals surface area contributed by atoms with Gasteiger partial charge in [-0.1, -0.05) is 27.2 Å². The molecule has 0 spiro atoms. The van der Waals surface area contributed by atoms with Crippen LogP contribution >= 0.6 is 0 Å². The molecule has 0 aliphatic rings. The second-order valence-electron chi connectivity index (χ2n) is 4.84. The molecule has 0 bridgehead atoms. The molecule has 0 unspecified atom stereocenters. The van der Waals surface area contributed by atoms with Gasteiger partial charge < -0.3 is 10.0 Å². The Hall–Kier alpha value is -1.58. The fourth-order valence-corrected chi connectivity index (χ4v) is 2.28. The third-order valence-electron chi connectivity index (χ3n) is 3.47. The number of aromatic carboxylic acids is 1. The normalized spacial score (nSPS) is 10.8. The lowest BCUT2D eigenvalue weighted by molar-refractivity contribution is 0.0696. The van der Waals surface area contributed by atoms with Crippen molar-refractivity contribution in [1.82, 2.24) is 4.98 Å². The molecule has 106 valence electrons. The lowest BCUT2D eigenvalue weighted by Gasteiger charge is -2.28. The van der Waals surface area contributed by atoms with Crippen LogP contribution in [0.3, 0.4) is 0 Å². The van der Waals surface area contributed by atoms with Crippen molar-refractivity contribution < 1.29 is 9.90 Å². The van der Waals surface area contributed by atoms with E-state index in [9.17, 15) is 9.90 Å². The first-order valence-electron chi connectivity index (χ1n) is 7.00. The molecule has 0 aliphatic carbocycles. The van der Waals surface area contributed by atoms with Gasteiger partial charge in [0, 0.05) is 18.8 Å². The predicted octanol–water partition coefficient (Wildman–Crippen LogP) is 3.36. The number of hydrogen-bond acceptors (Lipinski definition) is 3. The van der Waals surface area contributed by atoms with Crippen LogP contribution in [0.1, 0.15) is 56.1 Å². The molecule has 0 radical (unpaired) electrons. The highest BCUT2D eigenvalue weighted by molar-refractivity contribution is 5.88. The first kappa shape index (κ1) is 15.5. The number of hydrogen-bond donors (Lipinski definition) is 1. The molecule has 0 atom stereocenters. The monoisotopic (exact) mass is 264 g/mol. The first-order valence-corrected chi connectivity index (χ1v) is 7.00. The van der Waals surface area contributed by atoms with Crippen LogP contribution in [0.5, 0.6) is 0 Å². The number of carboxylic acid groups (broad SMARTS) is 1. The second-order valence-corrected chi connectivity index (χ2v) is 4.84. The van der Waals surface area contributed by atoms with Crippen LogP contribution in [0.15, 0.2) is 12.1 Å². The van der Waals surface area contributed by atoms with E-state index in [0.29, 0.717) is 11.6 Å². The largest absolute Gasteiger partial charge is 0.478 e. The molecular weight excluding hydrogens is 240 g/mol. The quantitative estimate of drug-likeness (QED) is 0.820. The Morgan fingerprint density at radius 3 is 2.42 bits per heavy atom. The van der Waals surface area contributed by atoms with E-state index in [-0.39, 0.29) is 0 Å². The zero-order chi connectivity index (χ0) is 14.4. The van der Waals surface area contributed by atoms with E-state index >= 15 is 0 Å². The first-order chi connectivity index (χ1) is 9.03. The maximum absolute atomic E-state index is 11.2. The number of rotatable bonds is 7. The standard InChI is InChI=1S/C15H24N2O2/c1-5-8-12-9-11(15(18)19)10-14(16-12)17(4)13(6-2)7-3/h9-10,13H,5-8H2,1-4H3,(H,18,19). The van der Waals surface area contributed by atoms with E-state index in [4.69, 9.17) is 0 Å². The van der Waals surface area contributed by atoms with Crippen LogP contribution in [0.4, 0.5) is 5.82 Å². The van der Waals surface area contributed by atoms with Crippen LogP contribution in [0.25, 0.3) is 0 Å². The van der Waals surface area contributed by atoms with Gasteiger partial charge in [-0.05, 0) is 31.4 Å². The Bertz CT molecular complexity index is 428. The van der Waals surface area contributed by atoms with Gasteiger partial charge in [0.25, 0.3) is 0 Å². The van der Waals surface area contributed by atoms with Crippen molar-refractivity contribution in [3.63, 3.8) is 0 Å². The molecule has 0 aliphatic heterocycles. The van der Waals surface area contributed by atoms with E-state index in [1.165, 1.54) is 0 Å². The molecule has 1 heterocycles. The van der Waals surface area contributed by atoms with Crippen molar-refractivity contribution in [1.29, 1.82) is 0 Å². The number of anilines is 1. The molecule has 4 heteroatoms. The average molecular weight is 264 g/mol. The van der Waals surface area contributed by atoms with Crippen molar-refractivity contribution in [3.8, 4) is 0 Å². The van der Waals surface area contributed by atoms with E-state index in [1.807, 2.05) is 7.05 Å². The van der Waals surface area contributed by atoms with Crippen molar-refractivity contribution in [3.05, 3.63) is 23.4 Å². The summed E-state index contributed by atoms with van der Waals surface area (Å²) in [6, 6.07) is 3.74. The Morgan fingerprint density at radius 2 is 1.95 bits per heavy atom. The highest BCUT2D eigenvalue weighted by atomic mass is 16.4. The van der Waals surface area contributed by atoms with Gasteiger partial charge >= 0.3 is 5.97 Å². The molecule has 1 N–H and O–H groups in total. The van der Waals surface area contributed by atoms with E-state index in [2.05, 4.69) is 30.7 Å². The summed E-state index contributed by atoms with van der Waals surface area (Å²) in [6.07, 6.45) is 3.82. The number of aryl methyl sites for hydroxylation is 1. The fraction of sp³-hybridized carbons (Fsp3) is 0.600. The molecule has 0 amide bonds. The summed E-state index contributed by atoms with van der Waals surface area (Å²) in [4.78, 5) is 17.9. The third kappa shape index (κ3) is 3.94. The van der Waals surface area contributed by atoms with Gasteiger partial charge in [0.15, 0.2) is 0 Å². The summed E-state index contributed by atoms with van der Waals surface area (Å²) in [7, 11) is 1.99. The van der Waals surface area contributed by atoms with Crippen LogP contribution in [0, 0.1) is 0 Å². The zero-order valence-electron chi connectivity index (χ0n) is 12.3. The van der Waals surface area contributed by atoms with Gasteiger partial charge in [0.05, 0.1) is 5.56 Å². The summed E-state index contributed by atoms with van der Waals surface area (Å²) in [5.41, 5.74) is 1.18. The Labute approximate surface area is 115 Å². The molecule has 0 fully saturated rings. The molecule has 1 rings (SSSR count). The molecule has 0 aromatic carbocycles. The third-order valence-corrected chi connectivity index (χ3v) is 3.47. The van der Waals surface area contributed by atoms with Crippen molar-refractivity contribution in [2.75, 3.05) is 11.9 Å².